The van der Waals surface area contributed by atoms with Crippen LogP contribution in [0.3, 0.4) is 0 Å². The molecule has 2 heterocycles. The summed E-state index contributed by atoms with van der Waals surface area (Å²) in [6, 6.07) is 4.66. The third kappa shape index (κ3) is 1.10. The second-order valence-corrected chi connectivity index (χ2v) is 2.69. The highest BCUT2D eigenvalue weighted by Crippen LogP contribution is 2.15. The van der Waals surface area contributed by atoms with Gasteiger partial charge in [-0.15, -0.1) is 0 Å². The zero-order valence-corrected chi connectivity index (χ0v) is 7.01. The molecule has 0 unspecified atom stereocenters. The minimum atomic E-state index is -1.03. The smallest absolute Gasteiger partial charge is 0.354 e. The molecule has 0 bridgehead atoms. The van der Waals surface area contributed by atoms with Gasteiger partial charge in [-0.05, 0) is 18.2 Å². The lowest BCUT2D eigenvalue weighted by Crippen LogP contribution is -2.03. The molecule has 2 rings (SSSR count). The summed E-state index contributed by atoms with van der Waals surface area (Å²) >= 11 is 0. The summed E-state index contributed by atoms with van der Waals surface area (Å²) in [6.45, 7) is 6.77. The van der Waals surface area contributed by atoms with E-state index < -0.39 is 5.97 Å². The van der Waals surface area contributed by atoms with Crippen molar-refractivity contribution in [2.75, 3.05) is 0 Å². The van der Waals surface area contributed by atoms with Crippen LogP contribution in [-0.2, 0) is 0 Å². The zero-order valence-electron chi connectivity index (χ0n) is 7.01. The van der Waals surface area contributed by atoms with Crippen LogP contribution in [0, 0.1) is 6.57 Å². The fourth-order valence-electron chi connectivity index (χ4n) is 1.21. The van der Waals surface area contributed by atoms with Gasteiger partial charge in [0.15, 0.2) is 0 Å². The highest BCUT2D eigenvalue weighted by molar-refractivity contribution is 5.87. The van der Waals surface area contributed by atoms with E-state index in [1.807, 2.05) is 0 Å². The molecule has 2 aromatic rings. The van der Waals surface area contributed by atoms with Gasteiger partial charge in [-0.2, -0.15) is 5.10 Å². The van der Waals surface area contributed by atoms with E-state index in [1.165, 1.54) is 16.8 Å². The van der Waals surface area contributed by atoms with Gasteiger partial charge in [0.25, 0.3) is 0 Å². The van der Waals surface area contributed by atoms with E-state index in [2.05, 4.69) is 9.94 Å². The van der Waals surface area contributed by atoms with Crippen molar-refractivity contribution in [3.05, 3.63) is 41.5 Å². The Kier molecular flexibility index (Phi) is 1.68. The van der Waals surface area contributed by atoms with Gasteiger partial charge < -0.3 is 5.11 Å². The molecule has 0 fully saturated rings. The topological polar surface area (TPSA) is 59.0 Å². The van der Waals surface area contributed by atoms with E-state index in [0.29, 0.717) is 11.2 Å². The van der Waals surface area contributed by atoms with Crippen molar-refractivity contribution in [2.24, 2.45) is 0 Å². The molecule has 0 saturated carbocycles. The van der Waals surface area contributed by atoms with Gasteiger partial charge in [-0.25, -0.2) is 14.2 Å². The van der Waals surface area contributed by atoms with Crippen LogP contribution >= 0.6 is 0 Å². The van der Waals surface area contributed by atoms with Gasteiger partial charge in [0.1, 0.15) is 5.69 Å². The number of carbonyl (C=O) groups is 1. The van der Waals surface area contributed by atoms with Crippen LogP contribution in [0.2, 0.25) is 0 Å². The number of hydrogen-bond donors (Lipinski definition) is 1. The molecule has 0 aliphatic carbocycles. The van der Waals surface area contributed by atoms with E-state index >= 15 is 0 Å². The van der Waals surface area contributed by atoms with Crippen molar-refractivity contribution in [1.82, 2.24) is 9.61 Å². The third-order valence-electron chi connectivity index (χ3n) is 1.83. The Balaban J connectivity index is 2.73. The number of fused-ring (bicyclic) bond motifs is 1. The SMILES string of the molecule is [C-]#[N+]c1cnn2c(C(=O)O)ccc2c1. The fourth-order valence-corrected chi connectivity index (χ4v) is 1.21. The molecule has 68 valence electrons. The van der Waals surface area contributed by atoms with E-state index in [-0.39, 0.29) is 5.69 Å². The average Bonchev–Trinajstić information content (AvgIpc) is 2.59. The number of nitrogens with zero attached hydrogens (tertiary/aromatic N) is 3. The number of carboxylic acid groups (broad SMARTS) is 1. The van der Waals surface area contributed by atoms with Crippen LogP contribution in [0.4, 0.5) is 5.69 Å². The molecular weight excluding hydrogens is 182 g/mol. The van der Waals surface area contributed by atoms with Crippen LogP contribution in [0.1, 0.15) is 10.5 Å². The van der Waals surface area contributed by atoms with Crippen LogP contribution in [-0.4, -0.2) is 20.7 Å². The number of hydrogen-bond acceptors (Lipinski definition) is 2. The highest BCUT2D eigenvalue weighted by Gasteiger charge is 2.09. The summed E-state index contributed by atoms with van der Waals surface area (Å²) in [5, 5.41) is 12.6. The summed E-state index contributed by atoms with van der Waals surface area (Å²) in [5.41, 5.74) is 1.10. The maximum Gasteiger partial charge on any atom is 0.354 e. The Morgan fingerprint density at radius 1 is 1.57 bits per heavy atom. The van der Waals surface area contributed by atoms with Gasteiger partial charge in [0.2, 0.25) is 5.69 Å². The monoisotopic (exact) mass is 187 g/mol. The number of rotatable bonds is 1. The summed E-state index contributed by atoms with van der Waals surface area (Å²) in [5.74, 6) is -1.03. The number of aromatic carboxylic acids is 1. The quantitative estimate of drug-likeness (QED) is 0.689. The van der Waals surface area contributed by atoms with E-state index in [0.717, 1.165) is 0 Å². The molecule has 0 radical (unpaired) electrons. The largest absolute Gasteiger partial charge is 0.477 e. The van der Waals surface area contributed by atoms with Crippen LogP contribution in [0.25, 0.3) is 10.4 Å². The van der Waals surface area contributed by atoms with Crippen molar-refractivity contribution >= 4 is 17.2 Å². The lowest BCUT2D eigenvalue weighted by atomic mass is 10.4. The first-order valence-electron chi connectivity index (χ1n) is 3.81. The van der Waals surface area contributed by atoms with Crippen molar-refractivity contribution in [1.29, 1.82) is 0 Å². The first kappa shape index (κ1) is 8.26. The molecule has 5 heteroatoms. The molecule has 0 saturated heterocycles. The molecule has 1 N–H and O–H groups in total. The van der Waals surface area contributed by atoms with Crippen LogP contribution in [0.5, 0.6) is 0 Å². The Morgan fingerprint density at radius 3 is 3.00 bits per heavy atom. The summed E-state index contributed by atoms with van der Waals surface area (Å²) < 4.78 is 1.29. The second kappa shape index (κ2) is 2.85. The van der Waals surface area contributed by atoms with Crippen molar-refractivity contribution in [2.45, 2.75) is 0 Å². The van der Waals surface area contributed by atoms with Crippen molar-refractivity contribution in [3.8, 4) is 0 Å². The molecule has 5 nitrogen and oxygen atoms in total. The Hall–Kier alpha value is -2.35. The second-order valence-electron chi connectivity index (χ2n) is 2.69. The molecule has 0 aliphatic heterocycles. The first-order chi connectivity index (χ1) is 6.72. The standard InChI is InChI=1S/C9H5N3O2/c1-10-6-4-7-2-3-8(9(13)14)12(7)11-5-6/h2-5H,(H,13,14). The Morgan fingerprint density at radius 2 is 2.36 bits per heavy atom. The molecule has 0 amide bonds. The maximum absolute atomic E-state index is 10.7. The number of aromatic nitrogens is 2. The lowest BCUT2D eigenvalue weighted by Gasteiger charge is -1.96. The van der Waals surface area contributed by atoms with Gasteiger partial charge in [-0.3, -0.25) is 0 Å². The van der Waals surface area contributed by atoms with E-state index in [9.17, 15) is 4.79 Å². The van der Waals surface area contributed by atoms with Crippen LogP contribution in [0.15, 0.2) is 24.4 Å². The predicted octanol–water partition coefficient (Wildman–Crippen LogP) is 1.58. The van der Waals surface area contributed by atoms with E-state index in [1.54, 1.807) is 12.1 Å². The van der Waals surface area contributed by atoms with Gasteiger partial charge in [0.05, 0.1) is 18.3 Å². The minimum absolute atomic E-state index is 0.0940. The van der Waals surface area contributed by atoms with E-state index in [4.69, 9.17) is 11.7 Å². The fraction of sp³-hybridized carbons (Fsp3) is 0. The zero-order chi connectivity index (χ0) is 10.1. The molecule has 0 spiro atoms. The Bertz CT molecular complexity index is 551. The predicted molar refractivity (Wildman–Crippen MR) is 48.4 cm³/mol. The van der Waals surface area contributed by atoms with Crippen molar-refractivity contribution < 1.29 is 9.90 Å². The number of carboxylic acids is 1. The average molecular weight is 187 g/mol. The maximum atomic E-state index is 10.7. The molecular formula is C9H5N3O2. The summed E-state index contributed by atoms with van der Waals surface area (Å²) in [6.07, 6.45) is 1.34. The normalized spacial score (nSPS) is 9.93. The minimum Gasteiger partial charge on any atom is -0.477 e. The molecule has 14 heavy (non-hydrogen) atoms. The molecule has 0 aliphatic rings. The van der Waals surface area contributed by atoms with Crippen molar-refractivity contribution in [3.63, 3.8) is 0 Å². The van der Waals surface area contributed by atoms with Gasteiger partial charge >= 0.3 is 5.97 Å². The third-order valence-corrected chi connectivity index (χ3v) is 1.83. The molecule has 0 atom stereocenters. The van der Waals surface area contributed by atoms with Crippen LogP contribution < -0.4 is 0 Å². The lowest BCUT2D eigenvalue weighted by molar-refractivity contribution is 0.0688. The highest BCUT2D eigenvalue weighted by atomic mass is 16.4. The molecule has 0 aromatic carbocycles. The summed E-state index contributed by atoms with van der Waals surface area (Å²) in [4.78, 5) is 13.9. The molecule has 2 aromatic heterocycles. The van der Waals surface area contributed by atoms with Gasteiger partial charge in [-0.1, -0.05) is 0 Å². The van der Waals surface area contributed by atoms with Gasteiger partial charge in [0, 0.05) is 0 Å². The first-order valence-corrected chi connectivity index (χ1v) is 3.81. The summed E-state index contributed by atoms with van der Waals surface area (Å²) in [7, 11) is 0. The Labute approximate surface area is 79.0 Å².